The number of hydrogen-bond acceptors (Lipinski definition) is 18. The second-order valence-corrected chi connectivity index (χ2v) is 34.2. The minimum Gasteiger partial charge on any atom is -0.394 e. The summed E-state index contributed by atoms with van der Waals surface area (Å²) in [5.74, 6) is -0.232. The van der Waals surface area contributed by atoms with Gasteiger partial charge >= 0.3 is 0 Å². The number of aliphatic hydroxyl groups excluding tert-OH is 11. The summed E-state index contributed by atoms with van der Waals surface area (Å²) < 4.78 is 34.6. The molecule has 0 bridgehead atoms. The lowest BCUT2D eigenvalue weighted by atomic mass is 9.96. The third kappa shape index (κ3) is 51.0. The summed E-state index contributed by atoms with van der Waals surface area (Å²) in [4.78, 5) is 13.6. The molecule has 662 valence electrons. The minimum absolute atomic E-state index is 0.232. The standard InChI is InChI=1S/C93H177NO18/c1-3-5-7-9-11-13-15-17-19-21-23-25-27-29-31-33-35-37-38-39-41-43-45-47-49-51-53-55-57-59-61-63-65-67-69-71-81(99)94-76(77(98)70-68-66-64-62-60-58-56-54-52-50-48-46-44-42-40-36-34-32-30-28-26-24-22-20-18-16-14-12-10-8-6-4-2)75-107-91-87(105)84(102)89(79(73-96)109-91)112-93-88(106)85(103)90(80(74-97)110-93)111-92-86(104)83(101)82(100)78(72-95)108-92/h15,17,21,23,76-80,82-93,95-98,100-106H,3-14,16,18-20,22,24-75H2,1-2H3,(H,94,99)/b17-15-,23-21-. The van der Waals surface area contributed by atoms with Gasteiger partial charge in [-0.1, -0.05) is 404 Å². The van der Waals surface area contributed by atoms with Gasteiger partial charge in [-0.05, 0) is 44.9 Å². The summed E-state index contributed by atoms with van der Waals surface area (Å²) in [6, 6.07) is -0.887. The summed E-state index contributed by atoms with van der Waals surface area (Å²) >= 11 is 0. The quantitative estimate of drug-likeness (QED) is 0.0199. The average Bonchev–Trinajstić information content (AvgIpc) is 0.782. The Bertz CT molecular complexity index is 2110. The van der Waals surface area contributed by atoms with Crippen LogP contribution in [0.25, 0.3) is 0 Å². The van der Waals surface area contributed by atoms with Crippen LogP contribution >= 0.6 is 0 Å². The molecule has 0 aromatic carbocycles. The minimum atomic E-state index is -1.97. The highest BCUT2D eigenvalue weighted by atomic mass is 16.8. The molecule has 0 aromatic heterocycles. The molecule has 1 amide bonds. The molecule has 0 spiro atoms. The molecule has 19 nitrogen and oxygen atoms in total. The van der Waals surface area contributed by atoms with Crippen molar-refractivity contribution < 1.29 is 89.4 Å². The molecule has 12 N–H and O–H groups in total. The van der Waals surface area contributed by atoms with Crippen LogP contribution in [0.1, 0.15) is 431 Å². The monoisotopic (exact) mass is 1600 g/mol. The molecule has 112 heavy (non-hydrogen) atoms. The zero-order valence-corrected chi connectivity index (χ0v) is 71.7. The molecule has 17 atom stereocenters. The summed E-state index contributed by atoms with van der Waals surface area (Å²) in [6.07, 6.45) is 65.9. The molecule has 3 fully saturated rings. The highest BCUT2D eigenvalue weighted by molar-refractivity contribution is 5.76. The Kier molecular flexibility index (Phi) is 68.3. The Balaban J connectivity index is 1.30. The smallest absolute Gasteiger partial charge is 0.220 e. The van der Waals surface area contributed by atoms with Crippen LogP contribution in [-0.2, 0) is 33.2 Å². The van der Waals surface area contributed by atoms with Gasteiger partial charge < -0.3 is 89.9 Å². The maximum atomic E-state index is 13.6. The Labute approximate surface area is 683 Å². The van der Waals surface area contributed by atoms with Gasteiger partial charge in [-0.2, -0.15) is 0 Å². The molecule has 0 aliphatic carbocycles. The highest BCUT2D eigenvalue weighted by Crippen LogP contribution is 2.34. The van der Waals surface area contributed by atoms with E-state index in [1.807, 2.05) is 0 Å². The molecule has 0 aromatic rings. The highest BCUT2D eigenvalue weighted by Gasteiger charge is 2.54. The molecular weight excluding hydrogens is 1420 g/mol. The van der Waals surface area contributed by atoms with Crippen molar-refractivity contribution >= 4 is 5.91 Å². The van der Waals surface area contributed by atoms with E-state index in [2.05, 4.69) is 43.5 Å². The summed E-state index contributed by atoms with van der Waals surface area (Å²) in [6.45, 7) is 1.87. The van der Waals surface area contributed by atoms with Gasteiger partial charge in [-0.15, -0.1) is 0 Å². The number of carbonyl (C=O) groups excluding carboxylic acids is 1. The fourth-order valence-corrected chi connectivity index (χ4v) is 16.5. The van der Waals surface area contributed by atoms with Crippen LogP contribution in [0.5, 0.6) is 0 Å². The lowest BCUT2D eigenvalue weighted by Gasteiger charge is -2.48. The Morgan fingerprint density at radius 2 is 0.589 bits per heavy atom. The van der Waals surface area contributed by atoms with E-state index in [4.69, 9.17) is 28.4 Å². The number of aliphatic hydroxyl groups is 11. The van der Waals surface area contributed by atoms with Gasteiger partial charge in [0.15, 0.2) is 18.9 Å². The van der Waals surface area contributed by atoms with Gasteiger partial charge in [0, 0.05) is 6.42 Å². The van der Waals surface area contributed by atoms with E-state index in [0.29, 0.717) is 12.8 Å². The van der Waals surface area contributed by atoms with Gasteiger partial charge in [0.05, 0.1) is 38.6 Å². The van der Waals surface area contributed by atoms with Crippen molar-refractivity contribution in [1.29, 1.82) is 0 Å². The molecule has 3 heterocycles. The largest absolute Gasteiger partial charge is 0.394 e. The number of nitrogens with one attached hydrogen (secondary N) is 1. The third-order valence-electron chi connectivity index (χ3n) is 24.0. The molecule has 3 rings (SSSR count). The number of carbonyl (C=O) groups is 1. The van der Waals surface area contributed by atoms with Crippen molar-refractivity contribution in [2.45, 2.75) is 535 Å². The van der Waals surface area contributed by atoms with E-state index >= 15 is 0 Å². The Morgan fingerprint density at radius 1 is 0.321 bits per heavy atom. The summed E-state index contributed by atoms with van der Waals surface area (Å²) in [7, 11) is 0. The fraction of sp³-hybridized carbons (Fsp3) is 0.946. The lowest BCUT2D eigenvalue weighted by molar-refractivity contribution is -0.379. The van der Waals surface area contributed by atoms with Crippen LogP contribution < -0.4 is 5.32 Å². The first kappa shape index (κ1) is 104. The molecule has 3 aliphatic rings. The number of hydrogen-bond donors (Lipinski definition) is 12. The van der Waals surface area contributed by atoms with E-state index in [0.717, 1.165) is 51.4 Å². The van der Waals surface area contributed by atoms with Crippen LogP contribution in [0.3, 0.4) is 0 Å². The molecule has 0 radical (unpaired) electrons. The maximum Gasteiger partial charge on any atom is 0.220 e. The molecule has 3 aliphatic heterocycles. The van der Waals surface area contributed by atoms with Crippen molar-refractivity contribution in [3.63, 3.8) is 0 Å². The van der Waals surface area contributed by atoms with Crippen molar-refractivity contribution in [3.8, 4) is 0 Å². The van der Waals surface area contributed by atoms with E-state index in [1.54, 1.807) is 0 Å². The van der Waals surface area contributed by atoms with Crippen LogP contribution in [0.2, 0.25) is 0 Å². The van der Waals surface area contributed by atoms with E-state index in [9.17, 15) is 61.0 Å². The predicted molar refractivity (Wildman–Crippen MR) is 453 cm³/mol. The van der Waals surface area contributed by atoms with E-state index < -0.39 is 124 Å². The SMILES string of the molecule is CCCCCCC/C=C\C/C=C\CCCCCCCCCCCCCCCCCCCCCCCCCC(=O)NC(COC1OC(CO)C(OC2OC(CO)C(OC3OC(CO)C(O)C(O)C3O)C(O)C2O)C(O)C1O)C(O)CCCCCCCCCCCCCCCCCCCCCCCCCCCCCCCCCC. The van der Waals surface area contributed by atoms with Crippen molar-refractivity contribution in [2.75, 3.05) is 26.4 Å². The predicted octanol–water partition coefficient (Wildman–Crippen LogP) is 18.8. The maximum absolute atomic E-state index is 13.6. The van der Waals surface area contributed by atoms with Gasteiger partial charge in [-0.25, -0.2) is 0 Å². The molecule has 17 unspecified atom stereocenters. The first-order valence-corrected chi connectivity index (χ1v) is 47.6. The average molecular weight is 1600 g/mol. The van der Waals surface area contributed by atoms with Crippen LogP contribution in [0, 0.1) is 0 Å². The Hall–Kier alpha value is -1.73. The van der Waals surface area contributed by atoms with Gasteiger partial charge in [0.25, 0.3) is 0 Å². The first-order chi connectivity index (χ1) is 54.8. The van der Waals surface area contributed by atoms with Crippen molar-refractivity contribution in [2.24, 2.45) is 0 Å². The molecule has 0 saturated carbocycles. The van der Waals surface area contributed by atoms with Gasteiger partial charge in [0.1, 0.15) is 73.2 Å². The van der Waals surface area contributed by atoms with Crippen LogP contribution in [0.15, 0.2) is 24.3 Å². The number of unbranched alkanes of at least 4 members (excludes halogenated alkanes) is 59. The zero-order chi connectivity index (χ0) is 81.0. The summed E-state index contributed by atoms with van der Waals surface area (Å²) in [5, 5.41) is 121. The number of allylic oxidation sites excluding steroid dienone is 4. The molecule has 3 saturated heterocycles. The van der Waals surface area contributed by atoms with Crippen molar-refractivity contribution in [1.82, 2.24) is 5.32 Å². The number of amides is 1. The van der Waals surface area contributed by atoms with E-state index in [-0.39, 0.29) is 18.9 Å². The van der Waals surface area contributed by atoms with Crippen LogP contribution in [-0.4, -0.2) is 193 Å². The summed E-state index contributed by atoms with van der Waals surface area (Å²) in [5.41, 5.74) is 0. The van der Waals surface area contributed by atoms with E-state index in [1.165, 1.54) is 347 Å². The normalized spacial score (nSPS) is 25.0. The zero-order valence-electron chi connectivity index (χ0n) is 71.7. The fourth-order valence-electron chi connectivity index (χ4n) is 16.5. The molecular formula is C93H177NO18. The number of rotatable bonds is 79. The number of ether oxygens (including phenoxy) is 6. The lowest BCUT2D eigenvalue weighted by Crippen LogP contribution is -2.66. The first-order valence-electron chi connectivity index (χ1n) is 47.6. The topological polar surface area (TPSA) is 307 Å². The second-order valence-electron chi connectivity index (χ2n) is 34.2. The second kappa shape index (κ2) is 73.2. The van der Waals surface area contributed by atoms with Gasteiger partial charge in [-0.3, -0.25) is 4.79 Å². The third-order valence-corrected chi connectivity index (χ3v) is 24.0. The van der Waals surface area contributed by atoms with Crippen LogP contribution in [0.4, 0.5) is 0 Å². The molecule has 19 heteroatoms. The van der Waals surface area contributed by atoms with Gasteiger partial charge in [0.2, 0.25) is 5.91 Å². The Morgan fingerprint density at radius 3 is 0.911 bits per heavy atom. The van der Waals surface area contributed by atoms with Crippen molar-refractivity contribution in [3.05, 3.63) is 24.3 Å².